The number of rotatable bonds is 8. The molecule has 1 saturated heterocycles. The minimum absolute atomic E-state index is 0.305. The molecule has 0 bridgehead atoms. The van der Waals surface area contributed by atoms with Crippen LogP contribution in [0.15, 0.2) is 49.2 Å². The number of hydrogen-bond donors (Lipinski definition) is 3. The molecule has 11 heteroatoms. The van der Waals surface area contributed by atoms with Crippen LogP contribution in [-0.4, -0.2) is 65.3 Å². The number of aryl methyl sites for hydroxylation is 1. The van der Waals surface area contributed by atoms with E-state index in [0.717, 1.165) is 31.6 Å². The molecule has 40 heavy (non-hydrogen) atoms. The van der Waals surface area contributed by atoms with Crippen LogP contribution in [0.2, 0.25) is 0 Å². The Morgan fingerprint density at radius 1 is 1.20 bits per heavy atom. The molecule has 1 aliphatic rings. The molecule has 3 N–H and O–H groups in total. The fourth-order valence-electron chi connectivity index (χ4n) is 5.08. The Bertz CT molecular complexity index is 1560. The molecule has 5 rings (SSSR count). The maximum absolute atomic E-state index is 14.5. The fraction of sp³-hybridized carbons (Fsp3) is 0.310. The van der Waals surface area contributed by atoms with Crippen molar-refractivity contribution >= 4 is 45.8 Å². The molecule has 0 saturated carbocycles. The first-order valence-corrected chi connectivity index (χ1v) is 13.1. The van der Waals surface area contributed by atoms with Crippen LogP contribution >= 0.6 is 0 Å². The summed E-state index contributed by atoms with van der Waals surface area (Å²) in [6, 6.07) is 8.42. The van der Waals surface area contributed by atoms with Gasteiger partial charge < -0.3 is 25.2 Å². The molecule has 1 amide bonds. The van der Waals surface area contributed by atoms with E-state index < -0.39 is 5.82 Å². The van der Waals surface area contributed by atoms with Gasteiger partial charge in [0.25, 0.3) is 0 Å². The van der Waals surface area contributed by atoms with Gasteiger partial charge in [-0.3, -0.25) is 9.89 Å². The average molecular weight is 545 g/mol. The smallest absolute Gasteiger partial charge is 0.250 e. The Labute approximate surface area is 232 Å². The largest absolute Gasteiger partial charge is 0.495 e. The summed E-state index contributed by atoms with van der Waals surface area (Å²) in [7, 11) is 5.36. The zero-order valence-corrected chi connectivity index (χ0v) is 23.1. The fourth-order valence-corrected chi connectivity index (χ4v) is 5.08. The van der Waals surface area contributed by atoms with Crippen molar-refractivity contribution in [3.05, 3.63) is 66.1 Å². The number of anilines is 5. The van der Waals surface area contributed by atoms with Crippen molar-refractivity contribution in [1.82, 2.24) is 25.1 Å². The summed E-state index contributed by atoms with van der Waals surface area (Å²) in [5.74, 6) is 1.04. The van der Waals surface area contributed by atoms with Gasteiger partial charge in [0.05, 0.1) is 24.4 Å². The number of benzene rings is 2. The van der Waals surface area contributed by atoms with Crippen molar-refractivity contribution in [2.75, 3.05) is 49.8 Å². The number of H-pyrrole nitrogens is 1. The predicted molar refractivity (Wildman–Crippen MR) is 155 cm³/mol. The van der Waals surface area contributed by atoms with E-state index in [2.05, 4.69) is 68.4 Å². The molecular weight excluding hydrogens is 511 g/mol. The standard InChI is InChI=1S/C29H33FN8O2/c1-6-26(39)38(4)21-13-19(30)12-20(14-21)32-27-23-16-31-36-28(23)35-29(34-27)33-24-11-17(2)22(15-25(24)40-5)18-7-9-37(3)10-8-18/h6,11-16,18H,1,7-10H2,2-5H3,(H3,31,32,33,34,35,36). The molecule has 1 fully saturated rings. The van der Waals surface area contributed by atoms with Crippen LogP contribution in [0.5, 0.6) is 5.75 Å². The lowest BCUT2D eigenvalue weighted by Crippen LogP contribution is -2.29. The molecule has 0 unspecified atom stereocenters. The van der Waals surface area contributed by atoms with Crippen molar-refractivity contribution in [3.63, 3.8) is 0 Å². The number of fused-ring (bicyclic) bond motifs is 1. The summed E-state index contributed by atoms with van der Waals surface area (Å²) in [6.07, 6.45) is 4.99. The minimum Gasteiger partial charge on any atom is -0.495 e. The van der Waals surface area contributed by atoms with Crippen molar-refractivity contribution in [2.24, 2.45) is 0 Å². The summed E-state index contributed by atoms with van der Waals surface area (Å²) >= 11 is 0. The highest BCUT2D eigenvalue weighted by molar-refractivity contribution is 6.01. The average Bonchev–Trinajstić information content (AvgIpc) is 3.42. The molecule has 0 aliphatic carbocycles. The van der Waals surface area contributed by atoms with E-state index in [9.17, 15) is 9.18 Å². The zero-order valence-electron chi connectivity index (χ0n) is 23.1. The van der Waals surface area contributed by atoms with Gasteiger partial charge in [0.2, 0.25) is 11.9 Å². The van der Waals surface area contributed by atoms with Gasteiger partial charge >= 0.3 is 0 Å². The first-order valence-electron chi connectivity index (χ1n) is 13.1. The maximum atomic E-state index is 14.5. The van der Waals surface area contributed by atoms with Crippen LogP contribution in [0.25, 0.3) is 11.0 Å². The van der Waals surface area contributed by atoms with Crippen LogP contribution in [0, 0.1) is 12.7 Å². The predicted octanol–water partition coefficient (Wildman–Crippen LogP) is 5.25. The molecule has 208 valence electrons. The quantitative estimate of drug-likeness (QED) is 0.258. The van der Waals surface area contributed by atoms with Gasteiger partial charge in [-0.15, -0.1) is 0 Å². The third-order valence-corrected chi connectivity index (χ3v) is 7.34. The minimum atomic E-state index is -0.510. The molecule has 10 nitrogen and oxygen atoms in total. The number of aromatic nitrogens is 4. The highest BCUT2D eigenvalue weighted by atomic mass is 19.1. The lowest BCUT2D eigenvalue weighted by molar-refractivity contribution is -0.113. The van der Waals surface area contributed by atoms with E-state index >= 15 is 0 Å². The Kier molecular flexibility index (Phi) is 7.65. The lowest BCUT2D eigenvalue weighted by atomic mass is 9.86. The van der Waals surface area contributed by atoms with E-state index in [1.165, 1.54) is 34.2 Å². The Balaban J connectivity index is 1.46. The summed E-state index contributed by atoms with van der Waals surface area (Å²) in [4.78, 5) is 25.0. The molecule has 0 spiro atoms. The Hall–Kier alpha value is -4.51. The van der Waals surface area contributed by atoms with Crippen molar-refractivity contribution in [3.8, 4) is 5.75 Å². The lowest BCUT2D eigenvalue weighted by Gasteiger charge is -2.30. The molecular formula is C29H33FN8O2. The molecule has 1 aliphatic heterocycles. The normalized spacial score (nSPS) is 14.2. The summed E-state index contributed by atoms with van der Waals surface area (Å²) in [5, 5.41) is 14.0. The molecule has 4 aromatic rings. The highest BCUT2D eigenvalue weighted by Crippen LogP contribution is 2.37. The Morgan fingerprint density at radius 2 is 1.98 bits per heavy atom. The van der Waals surface area contributed by atoms with Gasteiger partial charge in [-0.05, 0) is 93.4 Å². The third kappa shape index (κ3) is 5.59. The highest BCUT2D eigenvalue weighted by Gasteiger charge is 2.22. The molecule has 2 aromatic heterocycles. The molecule has 2 aromatic carbocycles. The van der Waals surface area contributed by atoms with E-state index in [-0.39, 0.29) is 5.91 Å². The van der Waals surface area contributed by atoms with E-state index in [0.29, 0.717) is 45.8 Å². The van der Waals surface area contributed by atoms with Crippen LogP contribution in [0.4, 0.5) is 33.2 Å². The van der Waals surface area contributed by atoms with Gasteiger partial charge in [-0.25, -0.2) is 4.39 Å². The van der Waals surface area contributed by atoms with Crippen molar-refractivity contribution < 1.29 is 13.9 Å². The number of aromatic amines is 1. The number of halogens is 1. The number of likely N-dealkylation sites (N-methyl/N-ethyl adjacent to an activating group) is 1. The van der Waals surface area contributed by atoms with Crippen molar-refractivity contribution in [1.29, 1.82) is 0 Å². The first kappa shape index (κ1) is 27.1. The van der Waals surface area contributed by atoms with Crippen LogP contribution in [0.3, 0.4) is 0 Å². The second kappa shape index (κ2) is 11.3. The molecule has 0 radical (unpaired) electrons. The van der Waals surface area contributed by atoms with E-state index in [1.807, 2.05) is 0 Å². The molecule has 0 atom stereocenters. The summed E-state index contributed by atoms with van der Waals surface area (Å²) < 4.78 is 20.3. The molecule has 3 heterocycles. The summed E-state index contributed by atoms with van der Waals surface area (Å²) in [6.45, 7) is 7.76. The Morgan fingerprint density at radius 3 is 2.70 bits per heavy atom. The third-order valence-electron chi connectivity index (χ3n) is 7.34. The van der Waals surface area contributed by atoms with E-state index in [1.54, 1.807) is 26.4 Å². The van der Waals surface area contributed by atoms with Gasteiger partial charge in [0.1, 0.15) is 17.4 Å². The SMILES string of the molecule is C=CC(=O)N(C)c1cc(F)cc(Nc2nc(Nc3cc(C)c(C4CCN(C)CC4)cc3OC)nc3[nH]ncc23)c1. The number of ether oxygens (including phenoxy) is 1. The topological polar surface area (TPSA) is 111 Å². The van der Waals surface area contributed by atoms with Crippen LogP contribution in [-0.2, 0) is 4.79 Å². The number of nitrogens with one attached hydrogen (secondary N) is 3. The second-order valence-electron chi connectivity index (χ2n) is 10.1. The number of piperidine rings is 1. The van der Waals surface area contributed by atoms with Gasteiger partial charge in [0.15, 0.2) is 5.65 Å². The maximum Gasteiger partial charge on any atom is 0.250 e. The number of amides is 1. The van der Waals surface area contributed by atoms with Gasteiger partial charge in [0, 0.05) is 18.4 Å². The number of nitrogens with zero attached hydrogens (tertiary/aromatic N) is 5. The number of hydrogen-bond acceptors (Lipinski definition) is 8. The first-order chi connectivity index (χ1) is 19.2. The van der Waals surface area contributed by atoms with Gasteiger partial charge in [-0.2, -0.15) is 15.1 Å². The van der Waals surface area contributed by atoms with Crippen molar-refractivity contribution in [2.45, 2.75) is 25.7 Å². The second-order valence-corrected chi connectivity index (χ2v) is 10.1. The number of methoxy groups -OCH3 is 1. The number of carbonyl (C=O) groups is 1. The number of likely N-dealkylation sites (tertiary alicyclic amines) is 1. The summed E-state index contributed by atoms with van der Waals surface area (Å²) in [5.41, 5.74) is 4.47. The zero-order chi connectivity index (χ0) is 28.4. The number of carbonyl (C=O) groups excluding carboxylic acids is 1. The van der Waals surface area contributed by atoms with Crippen LogP contribution < -0.4 is 20.3 Å². The monoisotopic (exact) mass is 544 g/mol. The van der Waals surface area contributed by atoms with Gasteiger partial charge in [-0.1, -0.05) is 6.58 Å². The van der Waals surface area contributed by atoms with Crippen LogP contribution in [0.1, 0.15) is 29.9 Å². The van der Waals surface area contributed by atoms with E-state index in [4.69, 9.17) is 4.74 Å².